The molecule has 0 spiro atoms. The average molecular weight is 253 g/mol. The highest BCUT2D eigenvalue weighted by Crippen LogP contribution is 2.28. The number of rotatable bonds is 4. The van der Waals surface area contributed by atoms with Crippen LogP contribution in [0.15, 0.2) is 10.9 Å². The fraction of sp³-hybridized carbons (Fsp3) is 0.667. The summed E-state index contributed by atoms with van der Waals surface area (Å²) in [6.07, 6.45) is 2.33. The number of hydrogen-bond donors (Lipinski definition) is 1. The van der Waals surface area contributed by atoms with Crippen molar-refractivity contribution in [2.24, 2.45) is 11.1 Å². The van der Waals surface area contributed by atoms with Crippen molar-refractivity contribution in [3.63, 3.8) is 0 Å². The zero-order valence-electron chi connectivity index (χ0n) is 10.2. The van der Waals surface area contributed by atoms with Crippen LogP contribution in [0.3, 0.4) is 0 Å². The molecular formula is C12H19N3OS. The second kappa shape index (κ2) is 5.14. The summed E-state index contributed by atoms with van der Waals surface area (Å²) in [6, 6.07) is 0. The van der Waals surface area contributed by atoms with Gasteiger partial charge in [-0.15, -0.1) is 11.3 Å². The molecule has 4 nitrogen and oxygen atoms in total. The van der Waals surface area contributed by atoms with Crippen LogP contribution < -0.4 is 5.73 Å². The van der Waals surface area contributed by atoms with Gasteiger partial charge in [0.15, 0.2) is 0 Å². The molecule has 17 heavy (non-hydrogen) atoms. The highest BCUT2D eigenvalue weighted by atomic mass is 32.1. The molecule has 1 aliphatic rings. The van der Waals surface area contributed by atoms with E-state index in [1.54, 1.807) is 16.8 Å². The summed E-state index contributed by atoms with van der Waals surface area (Å²) in [5.74, 6) is 0.232. The second-order valence-electron chi connectivity index (χ2n) is 5.06. The molecule has 2 N–H and O–H groups in total. The SMILES string of the molecule is CC1(CN)CCN(C(=O)CCc2cscn2)C1. The van der Waals surface area contributed by atoms with Gasteiger partial charge in [-0.05, 0) is 24.8 Å². The molecule has 1 amide bonds. The van der Waals surface area contributed by atoms with Crippen LogP contribution in [0.4, 0.5) is 0 Å². The Hall–Kier alpha value is -0.940. The third-order valence-electron chi connectivity index (χ3n) is 3.48. The van der Waals surface area contributed by atoms with E-state index in [0.717, 1.165) is 31.6 Å². The first-order chi connectivity index (χ1) is 8.13. The van der Waals surface area contributed by atoms with Gasteiger partial charge in [0.1, 0.15) is 0 Å². The van der Waals surface area contributed by atoms with Crippen LogP contribution in [0.5, 0.6) is 0 Å². The van der Waals surface area contributed by atoms with E-state index in [2.05, 4.69) is 11.9 Å². The molecule has 1 unspecified atom stereocenters. The molecule has 1 aromatic rings. The van der Waals surface area contributed by atoms with Crippen molar-refractivity contribution in [2.45, 2.75) is 26.2 Å². The molecular weight excluding hydrogens is 234 g/mol. The molecule has 2 rings (SSSR count). The average Bonchev–Trinajstić information content (AvgIpc) is 2.96. The van der Waals surface area contributed by atoms with E-state index in [-0.39, 0.29) is 11.3 Å². The lowest BCUT2D eigenvalue weighted by molar-refractivity contribution is -0.130. The van der Waals surface area contributed by atoms with Gasteiger partial charge in [-0.3, -0.25) is 4.79 Å². The maximum Gasteiger partial charge on any atom is 0.222 e. The van der Waals surface area contributed by atoms with E-state index in [9.17, 15) is 4.79 Å². The summed E-state index contributed by atoms with van der Waals surface area (Å²) in [5, 5.41) is 2.00. The maximum atomic E-state index is 12.0. The smallest absolute Gasteiger partial charge is 0.222 e. The third kappa shape index (κ3) is 3.04. The Morgan fingerprint density at radius 3 is 3.12 bits per heavy atom. The van der Waals surface area contributed by atoms with Crippen molar-refractivity contribution in [1.82, 2.24) is 9.88 Å². The second-order valence-corrected chi connectivity index (χ2v) is 5.78. The number of amides is 1. The highest BCUT2D eigenvalue weighted by Gasteiger charge is 2.34. The molecule has 0 saturated carbocycles. The predicted molar refractivity (Wildman–Crippen MR) is 68.8 cm³/mol. The van der Waals surface area contributed by atoms with Crippen LogP contribution in [0.2, 0.25) is 0 Å². The molecule has 1 aliphatic heterocycles. The van der Waals surface area contributed by atoms with Crippen LogP contribution >= 0.6 is 11.3 Å². The number of nitrogens with zero attached hydrogens (tertiary/aromatic N) is 2. The molecule has 2 heterocycles. The molecule has 1 saturated heterocycles. The third-order valence-corrected chi connectivity index (χ3v) is 4.12. The topological polar surface area (TPSA) is 59.2 Å². The van der Waals surface area contributed by atoms with Crippen molar-refractivity contribution in [2.75, 3.05) is 19.6 Å². The lowest BCUT2D eigenvalue weighted by Gasteiger charge is -2.22. The van der Waals surface area contributed by atoms with Crippen LogP contribution in [-0.4, -0.2) is 35.4 Å². The normalized spacial score (nSPS) is 24.2. The number of carbonyl (C=O) groups excluding carboxylic acids is 1. The molecule has 0 aromatic carbocycles. The van der Waals surface area contributed by atoms with E-state index < -0.39 is 0 Å². The lowest BCUT2D eigenvalue weighted by atomic mass is 9.90. The number of likely N-dealkylation sites (tertiary alicyclic amines) is 1. The Labute approximate surface area is 106 Å². The minimum absolute atomic E-state index is 0.121. The number of carbonyl (C=O) groups is 1. The first-order valence-corrected chi connectivity index (χ1v) is 6.92. The number of hydrogen-bond acceptors (Lipinski definition) is 4. The van der Waals surface area contributed by atoms with Gasteiger partial charge >= 0.3 is 0 Å². The summed E-state index contributed by atoms with van der Waals surface area (Å²) in [4.78, 5) is 18.1. The monoisotopic (exact) mass is 253 g/mol. The molecule has 0 radical (unpaired) electrons. The molecule has 0 bridgehead atoms. The number of aryl methyl sites for hydroxylation is 1. The first-order valence-electron chi connectivity index (χ1n) is 5.98. The van der Waals surface area contributed by atoms with Gasteiger partial charge in [-0.1, -0.05) is 6.92 Å². The van der Waals surface area contributed by atoms with E-state index in [1.165, 1.54) is 0 Å². The molecule has 1 aromatic heterocycles. The minimum Gasteiger partial charge on any atom is -0.342 e. The number of thiazole rings is 1. The molecule has 1 fully saturated rings. The highest BCUT2D eigenvalue weighted by molar-refractivity contribution is 7.07. The Bertz CT molecular complexity index is 379. The molecule has 94 valence electrons. The lowest BCUT2D eigenvalue weighted by Crippen LogP contribution is -2.34. The molecule has 1 atom stereocenters. The minimum atomic E-state index is 0.121. The van der Waals surface area contributed by atoms with Gasteiger partial charge in [0.05, 0.1) is 11.2 Å². The van der Waals surface area contributed by atoms with Gasteiger partial charge in [0.25, 0.3) is 0 Å². The summed E-state index contributed by atoms with van der Waals surface area (Å²) in [6.45, 7) is 4.46. The van der Waals surface area contributed by atoms with Gasteiger partial charge in [0.2, 0.25) is 5.91 Å². The Balaban J connectivity index is 1.81. The number of aromatic nitrogens is 1. The van der Waals surface area contributed by atoms with Crippen LogP contribution in [-0.2, 0) is 11.2 Å². The summed E-state index contributed by atoms with van der Waals surface area (Å²) >= 11 is 1.57. The zero-order valence-corrected chi connectivity index (χ0v) is 11.0. The van der Waals surface area contributed by atoms with Crippen LogP contribution in [0.1, 0.15) is 25.5 Å². The van der Waals surface area contributed by atoms with E-state index in [4.69, 9.17) is 5.73 Å². The largest absolute Gasteiger partial charge is 0.342 e. The van der Waals surface area contributed by atoms with Gasteiger partial charge in [-0.2, -0.15) is 0 Å². The quantitative estimate of drug-likeness (QED) is 0.879. The van der Waals surface area contributed by atoms with Crippen molar-refractivity contribution < 1.29 is 4.79 Å². The molecule has 0 aliphatic carbocycles. The van der Waals surface area contributed by atoms with Gasteiger partial charge in [-0.25, -0.2) is 4.98 Å². The first kappa shape index (κ1) is 12.5. The Morgan fingerprint density at radius 2 is 2.53 bits per heavy atom. The number of nitrogens with two attached hydrogens (primary N) is 1. The maximum absolute atomic E-state index is 12.0. The van der Waals surface area contributed by atoms with Crippen molar-refractivity contribution in [3.05, 3.63) is 16.6 Å². The van der Waals surface area contributed by atoms with Crippen LogP contribution in [0, 0.1) is 5.41 Å². The Kier molecular flexibility index (Phi) is 3.79. The fourth-order valence-corrected chi connectivity index (χ4v) is 2.75. The summed E-state index contributed by atoms with van der Waals surface area (Å²) < 4.78 is 0. The van der Waals surface area contributed by atoms with Crippen molar-refractivity contribution in [1.29, 1.82) is 0 Å². The van der Waals surface area contributed by atoms with E-state index in [1.807, 2.05) is 10.3 Å². The zero-order chi connectivity index (χ0) is 12.3. The van der Waals surface area contributed by atoms with Crippen molar-refractivity contribution in [3.8, 4) is 0 Å². The van der Waals surface area contributed by atoms with Gasteiger partial charge < -0.3 is 10.6 Å². The van der Waals surface area contributed by atoms with E-state index in [0.29, 0.717) is 13.0 Å². The Morgan fingerprint density at radius 1 is 1.71 bits per heavy atom. The van der Waals surface area contributed by atoms with E-state index >= 15 is 0 Å². The standard InChI is InChI=1S/C12H19N3OS/c1-12(7-13)4-5-15(8-12)11(16)3-2-10-6-17-9-14-10/h6,9H,2-5,7-8,13H2,1H3. The van der Waals surface area contributed by atoms with Crippen molar-refractivity contribution >= 4 is 17.2 Å². The van der Waals surface area contributed by atoms with Crippen LogP contribution in [0.25, 0.3) is 0 Å². The summed E-state index contributed by atoms with van der Waals surface area (Å²) in [5.41, 5.74) is 8.68. The predicted octanol–water partition coefficient (Wildman–Crippen LogP) is 1.27. The molecule has 5 heteroatoms. The fourth-order valence-electron chi connectivity index (χ4n) is 2.16. The van der Waals surface area contributed by atoms with Gasteiger partial charge in [0, 0.05) is 24.9 Å². The summed E-state index contributed by atoms with van der Waals surface area (Å²) in [7, 11) is 0.